The van der Waals surface area contributed by atoms with Gasteiger partial charge in [-0.3, -0.25) is 0 Å². The molecule has 2 rings (SSSR count). The van der Waals surface area contributed by atoms with E-state index in [-0.39, 0.29) is 12.6 Å². The third-order valence-electron chi connectivity index (χ3n) is 3.54. The summed E-state index contributed by atoms with van der Waals surface area (Å²) < 4.78 is 0. The molecular formula is C14H22N2O. The first-order chi connectivity index (χ1) is 8.22. The Morgan fingerprint density at radius 2 is 2.12 bits per heavy atom. The molecule has 3 heteroatoms. The number of rotatable bonds is 5. The Morgan fingerprint density at radius 3 is 2.82 bits per heavy atom. The summed E-state index contributed by atoms with van der Waals surface area (Å²) in [4.78, 5) is 0. The lowest BCUT2D eigenvalue weighted by Crippen LogP contribution is -2.29. The average molecular weight is 234 g/mol. The average Bonchev–Trinajstić information content (AvgIpc) is 2.65. The number of aliphatic hydroxyl groups excluding tert-OH is 1. The number of nitrogens with one attached hydrogen (secondary N) is 1. The topological polar surface area (TPSA) is 58.3 Å². The van der Waals surface area contributed by atoms with Crippen LogP contribution in [-0.4, -0.2) is 17.8 Å². The van der Waals surface area contributed by atoms with Crippen LogP contribution in [-0.2, 0) is 0 Å². The van der Waals surface area contributed by atoms with Crippen LogP contribution in [0.4, 0.5) is 0 Å². The summed E-state index contributed by atoms with van der Waals surface area (Å²) in [5, 5.41) is 12.4. The van der Waals surface area contributed by atoms with E-state index in [4.69, 9.17) is 10.8 Å². The first-order valence-electron chi connectivity index (χ1n) is 6.43. The van der Waals surface area contributed by atoms with Crippen LogP contribution in [0.2, 0.25) is 0 Å². The molecule has 0 aromatic heterocycles. The van der Waals surface area contributed by atoms with Crippen molar-refractivity contribution >= 4 is 0 Å². The Labute approximate surface area is 103 Å². The fourth-order valence-corrected chi connectivity index (χ4v) is 2.66. The van der Waals surface area contributed by atoms with Crippen LogP contribution in [0.25, 0.3) is 0 Å². The standard InChI is InChI=1S/C14H22N2O/c1-10(5-4-8-17)16-14-9-13(15)11-6-2-3-7-12(11)14/h2-3,6-7,10,13-14,16-17H,4-5,8-9,15H2,1H3. The second kappa shape index (κ2) is 5.63. The quantitative estimate of drug-likeness (QED) is 0.729. The lowest BCUT2D eigenvalue weighted by atomic mass is 10.1. The minimum Gasteiger partial charge on any atom is -0.396 e. The highest BCUT2D eigenvalue weighted by molar-refractivity contribution is 5.37. The van der Waals surface area contributed by atoms with Gasteiger partial charge in [-0.25, -0.2) is 0 Å². The lowest BCUT2D eigenvalue weighted by Gasteiger charge is -2.20. The predicted octanol–water partition coefficient (Wildman–Crippen LogP) is 1.88. The SMILES string of the molecule is CC(CCCO)NC1CC(N)c2ccccc21. The second-order valence-electron chi connectivity index (χ2n) is 4.96. The molecule has 1 aliphatic rings. The van der Waals surface area contributed by atoms with Gasteiger partial charge in [-0.15, -0.1) is 0 Å². The second-order valence-corrected chi connectivity index (χ2v) is 4.96. The molecule has 3 atom stereocenters. The van der Waals surface area contributed by atoms with Gasteiger partial charge in [0.25, 0.3) is 0 Å². The van der Waals surface area contributed by atoms with Crippen molar-refractivity contribution in [2.75, 3.05) is 6.61 Å². The normalized spacial score (nSPS) is 24.6. The van der Waals surface area contributed by atoms with Gasteiger partial charge in [-0.1, -0.05) is 24.3 Å². The maximum atomic E-state index is 8.83. The van der Waals surface area contributed by atoms with Crippen LogP contribution in [0.5, 0.6) is 0 Å². The molecule has 3 unspecified atom stereocenters. The summed E-state index contributed by atoms with van der Waals surface area (Å²) in [7, 11) is 0. The van der Waals surface area contributed by atoms with Crippen LogP contribution in [0.15, 0.2) is 24.3 Å². The Morgan fingerprint density at radius 1 is 1.41 bits per heavy atom. The van der Waals surface area contributed by atoms with Crippen molar-refractivity contribution in [3.8, 4) is 0 Å². The monoisotopic (exact) mass is 234 g/mol. The van der Waals surface area contributed by atoms with Gasteiger partial charge in [-0.2, -0.15) is 0 Å². The van der Waals surface area contributed by atoms with Crippen LogP contribution < -0.4 is 11.1 Å². The fourth-order valence-electron chi connectivity index (χ4n) is 2.66. The Balaban J connectivity index is 2.00. The molecule has 0 radical (unpaired) electrons. The van der Waals surface area contributed by atoms with Gasteiger partial charge in [0.05, 0.1) is 0 Å². The summed E-state index contributed by atoms with van der Waals surface area (Å²) in [5.74, 6) is 0. The predicted molar refractivity (Wildman–Crippen MR) is 69.6 cm³/mol. The molecule has 0 heterocycles. The van der Waals surface area contributed by atoms with Crippen molar-refractivity contribution in [2.45, 2.75) is 44.3 Å². The number of nitrogens with two attached hydrogens (primary N) is 1. The van der Waals surface area contributed by atoms with E-state index in [2.05, 4.69) is 36.5 Å². The molecule has 1 aliphatic carbocycles. The summed E-state index contributed by atoms with van der Waals surface area (Å²) in [5.41, 5.74) is 8.75. The van der Waals surface area contributed by atoms with Gasteiger partial charge >= 0.3 is 0 Å². The first-order valence-corrected chi connectivity index (χ1v) is 6.43. The largest absolute Gasteiger partial charge is 0.396 e. The zero-order valence-corrected chi connectivity index (χ0v) is 10.4. The highest BCUT2D eigenvalue weighted by atomic mass is 16.2. The van der Waals surface area contributed by atoms with Crippen LogP contribution in [0, 0.1) is 0 Å². The van der Waals surface area contributed by atoms with E-state index in [9.17, 15) is 0 Å². The van der Waals surface area contributed by atoms with Crippen LogP contribution in [0.1, 0.15) is 49.4 Å². The van der Waals surface area contributed by atoms with Gasteiger partial charge in [0.1, 0.15) is 0 Å². The smallest absolute Gasteiger partial charge is 0.0431 e. The highest BCUT2D eigenvalue weighted by Gasteiger charge is 2.28. The minimum absolute atomic E-state index is 0.161. The number of hydrogen-bond acceptors (Lipinski definition) is 3. The molecule has 0 amide bonds. The molecule has 0 spiro atoms. The zero-order chi connectivity index (χ0) is 12.3. The van der Waals surface area contributed by atoms with E-state index in [1.807, 2.05) is 0 Å². The summed E-state index contributed by atoms with van der Waals surface area (Å²) in [6.45, 7) is 2.44. The van der Waals surface area contributed by atoms with Gasteiger partial charge in [0, 0.05) is 24.7 Å². The Bertz CT molecular complexity index is 367. The number of hydrogen-bond donors (Lipinski definition) is 3. The van der Waals surface area contributed by atoms with Crippen molar-refractivity contribution in [1.82, 2.24) is 5.32 Å². The molecule has 94 valence electrons. The van der Waals surface area contributed by atoms with E-state index in [0.29, 0.717) is 12.1 Å². The van der Waals surface area contributed by atoms with Gasteiger partial charge in [-0.05, 0) is 37.3 Å². The third kappa shape index (κ3) is 2.86. The summed E-state index contributed by atoms with van der Waals surface area (Å²) >= 11 is 0. The molecule has 0 bridgehead atoms. The van der Waals surface area contributed by atoms with Gasteiger partial charge in [0.2, 0.25) is 0 Å². The molecule has 1 aromatic carbocycles. The molecule has 0 saturated heterocycles. The van der Waals surface area contributed by atoms with Crippen molar-refractivity contribution < 1.29 is 5.11 Å². The molecule has 17 heavy (non-hydrogen) atoms. The van der Waals surface area contributed by atoms with Gasteiger partial charge in [0.15, 0.2) is 0 Å². The van der Waals surface area contributed by atoms with E-state index in [1.54, 1.807) is 0 Å². The van der Waals surface area contributed by atoms with E-state index >= 15 is 0 Å². The Kier molecular flexibility index (Phi) is 4.15. The molecule has 0 saturated carbocycles. The molecule has 0 fully saturated rings. The van der Waals surface area contributed by atoms with Crippen molar-refractivity contribution in [3.63, 3.8) is 0 Å². The molecular weight excluding hydrogens is 212 g/mol. The molecule has 1 aromatic rings. The minimum atomic E-state index is 0.161. The van der Waals surface area contributed by atoms with E-state index in [0.717, 1.165) is 19.3 Å². The van der Waals surface area contributed by atoms with Crippen LogP contribution >= 0.6 is 0 Å². The summed E-state index contributed by atoms with van der Waals surface area (Å²) in [6.07, 6.45) is 2.84. The number of benzene rings is 1. The van der Waals surface area contributed by atoms with E-state index in [1.165, 1.54) is 11.1 Å². The van der Waals surface area contributed by atoms with Crippen molar-refractivity contribution in [3.05, 3.63) is 35.4 Å². The van der Waals surface area contributed by atoms with Crippen LogP contribution in [0.3, 0.4) is 0 Å². The number of aliphatic hydroxyl groups is 1. The molecule has 0 aliphatic heterocycles. The van der Waals surface area contributed by atoms with Gasteiger partial charge < -0.3 is 16.2 Å². The zero-order valence-electron chi connectivity index (χ0n) is 10.4. The van der Waals surface area contributed by atoms with Crippen molar-refractivity contribution in [2.24, 2.45) is 5.73 Å². The molecule has 4 N–H and O–H groups in total. The number of fused-ring (bicyclic) bond motifs is 1. The van der Waals surface area contributed by atoms with Crippen molar-refractivity contribution in [1.29, 1.82) is 0 Å². The molecule has 3 nitrogen and oxygen atoms in total. The maximum absolute atomic E-state index is 8.83. The third-order valence-corrected chi connectivity index (χ3v) is 3.54. The Hall–Kier alpha value is -0.900. The highest BCUT2D eigenvalue weighted by Crippen LogP contribution is 2.37. The fraction of sp³-hybridized carbons (Fsp3) is 0.571. The lowest BCUT2D eigenvalue weighted by molar-refractivity contribution is 0.273. The first kappa shape index (κ1) is 12.6. The van der Waals surface area contributed by atoms with E-state index < -0.39 is 0 Å². The summed E-state index contributed by atoms with van der Waals surface area (Å²) in [6, 6.07) is 9.37. The maximum Gasteiger partial charge on any atom is 0.0431 e.